The van der Waals surface area contributed by atoms with E-state index < -0.39 is 0 Å². The number of H-pyrrole nitrogens is 1. The molecule has 2 heterocycles. The van der Waals surface area contributed by atoms with Crippen molar-refractivity contribution in [3.63, 3.8) is 0 Å². The second-order valence-electron chi connectivity index (χ2n) is 7.21. The average molecular weight is 376 g/mol. The quantitative estimate of drug-likeness (QED) is 0.692. The summed E-state index contributed by atoms with van der Waals surface area (Å²) in [5, 5.41) is 3.04. The molecule has 28 heavy (non-hydrogen) atoms. The van der Waals surface area contributed by atoms with Crippen LogP contribution < -0.4 is 10.9 Å². The summed E-state index contributed by atoms with van der Waals surface area (Å²) in [7, 11) is 0. The van der Waals surface area contributed by atoms with Crippen LogP contribution in [0.2, 0.25) is 0 Å². The number of amides is 1. The molecule has 0 fully saturated rings. The standard InChI is InChI=1S/C22H24N4O2/c1-14(2)21(25-19(27)12-16-6-4-15(3)5-7-16)18-13-20(28)26-22(24-18)17-8-10-23-11-9-17/h4-11,13-14,21H,12H2,1-3H3,(H,25,27)(H,24,26,28)/t21-/m1/s1. The van der Waals surface area contributed by atoms with Gasteiger partial charge >= 0.3 is 0 Å². The molecule has 1 amide bonds. The Labute approximate surface area is 164 Å². The van der Waals surface area contributed by atoms with Crippen LogP contribution in [0, 0.1) is 12.8 Å². The largest absolute Gasteiger partial charge is 0.347 e. The first kappa shape index (κ1) is 19.5. The number of nitrogens with zero attached hydrogens (tertiary/aromatic N) is 2. The van der Waals surface area contributed by atoms with Gasteiger partial charge in [0.05, 0.1) is 18.2 Å². The lowest BCUT2D eigenvalue weighted by Crippen LogP contribution is -2.34. The highest BCUT2D eigenvalue weighted by molar-refractivity contribution is 5.79. The Morgan fingerprint density at radius 3 is 2.43 bits per heavy atom. The summed E-state index contributed by atoms with van der Waals surface area (Å²) in [6.07, 6.45) is 3.57. The van der Waals surface area contributed by atoms with Crippen molar-refractivity contribution in [2.45, 2.75) is 33.2 Å². The molecule has 1 aromatic carbocycles. The molecule has 144 valence electrons. The molecule has 2 N–H and O–H groups in total. The summed E-state index contributed by atoms with van der Waals surface area (Å²) in [5.41, 5.74) is 3.16. The first-order chi connectivity index (χ1) is 13.4. The van der Waals surface area contributed by atoms with Crippen molar-refractivity contribution in [3.05, 3.63) is 82.0 Å². The van der Waals surface area contributed by atoms with E-state index in [2.05, 4.69) is 20.3 Å². The number of hydrogen-bond acceptors (Lipinski definition) is 4. The van der Waals surface area contributed by atoms with E-state index in [1.54, 1.807) is 24.5 Å². The van der Waals surface area contributed by atoms with E-state index in [0.717, 1.165) is 16.7 Å². The lowest BCUT2D eigenvalue weighted by atomic mass is 9.99. The third-order valence-electron chi connectivity index (χ3n) is 4.50. The predicted octanol–water partition coefficient (Wildman–Crippen LogP) is 3.20. The molecule has 1 atom stereocenters. The van der Waals surface area contributed by atoms with Gasteiger partial charge in [-0.25, -0.2) is 4.98 Å². The number of carbonyl (C=O) groups excluding carboxylic acids is 1. The molecule has 0 saturated carbocycles. The van der Waals surface area contributed by atoms with Gasteiger partial charge in [0.15, 0.2) is 0 Å². The van der Waals surface area contributed by atoms with Crippen LogP contribution in [0.5, 0.6) is 0 Å². The molecule has 6 nitrogen and oxygen atoms in total. The van der Waals surface area contributed by atoms with Gasteiger partial charge in [-0.05, 0) is 30.5 Å². The van der Waals surface area contributed by atoms with Crippen LogP contribution in [0.1, 0.15) is 36.7 Å². The molecule has 3 aromatic rings. The number of pyridine rings is 1. The average Bonchev–Trinajstić information content (AvgIpc) is 2.68. The number of benzene rings is 1. The lowest BCUT2D eigenvalue weighted by Gasteiger charge is -2.22. The summed E-state index contributed by atoms with van der Waals surface area (Å²) in [6, 6.07) is 12.5. The molecule has 2 aromatic heterocycles. The van der Waals surface area contributed by atoms with Crippen molar-refractivity contribution in [2.75, 3.05) is 0 Å². The highest BCUT2D eigenvalue weighted by atomic mass is 16.1. The molecule has 0 bridgehead atoms. The number of aromatic amines is 1. The zero-order valence-corrected chi connectivity index (χ0v) is 16.3. The van der Waals surface area contributed by atoms with Gasteiger partial charge in [-0.1, -0.05) is 43.7 Å². The maximum Gasteiger partial charge on any atom is 0.251 e. The van der Waals surface area contributed by atoms with Crippen molar-refractivity contribution in [1.82, 2.24) is 20.3 Å². The summed E-state index contributed by atoms with van der Waals surface area (Å²) in [5.74, 6) is 0.431. The van der Waals surface area contributed by atoms with Gasteiger partial charge in [-0.15, -0.1) is 0 Å². The lowest BCUT2D eigenvalue weighted by molar-refractivity contribution is -0.121. The van der Waals surface area contributed by atoms with E-state index in [1.165, 1.54) is 6.07 Å². The van der Waals surface area contributed by atoms with Gasteiger partial charge < -0.3 is 10.3 Å². The van der Waals surface area contributed by atoms with E-state index in [1.807, 2.05) is 45.0 Å². The number of nitrogens with one attached hydrogen (secondary N) is 2. The fourth-order valence-corrected chi connectivity index (χ4v) is 2.98. The smallest absolute Gasteiger partial charge is 0.251 e. The zero-order valence-electron chi connectivity index (χ0n) is 16.3. The van der Waals surface area contributed by atoms with Crippen LogP contribution in [0.4, 0.5) is 0 Å². The van der Waals surface area contributed by atoms with Crippen LogP contribution in [-0.4, -0.2) is 20.9 Å². The molecule has 6 heteroatoms. The van der Waals surface area contributed by atoms with Crippen molar-refractivity contribution in [2.24, 2.45) is 5.92 Å². The molecular formula is C22H24N4O2. The molecule has 0 aliphatic heterocycles. The molecule has 0 radical (unpaired) electrons. The Balaban J connectivity index is 1.84. The first-order valence-electron chi connectivity index (χ1n) is 9.29. The SMILES string of the molecule is Cc1ccc(CC(=O)N[C@@H](c2cc(=O)[nH]c(-c3ccncc3)n2)C(C)C)cc1. The molecule has 3 rings (SSSR count). The number of aromatic nitrogens is 3. The number of hydrogen-bond donors (Lipinski definition) is 2. The monoisotopic (exact) mass is 376 g/mol. The minimum Gasteiger partial charge on any atom is -0.347 e. The summed E-state index contributed by atoms with van der Waals surface area (Å²) >= 11 is 0. The zero-order chi connectivity index (χ0) is 20.1. The van der Waals surface area contributed by atoms with Crippen LogP contribution in [0.15, 0.2) is 59.7 Å². The van der Waals surface area contributed by atoms with Gasteiger partial charge in [-0.2, -0.15) is 0 Å². The Morgan fingerprint density at radius 2 is 1.79 bits per heavy atom. The van der Waals surface area contributed by atoms with Crippen LogP contribution in [0.25, 0.3) is 11.4 Å². The van der Waals surface area contributed by atoms with Gasteiger partial charge in [0, 0.05) is 24.0 Å². The molecular weight excluding hydrogens is 352 g/mol. The van der Waals surface area contributed by atoms with E-state index >= 15 is 0 Å². The molecule has 0 unspecified atom stereocenters. The van der Waals surface area contributed by atoms with E-state index in [-0.39, 0.29) is 29.8 Å². The second kappa shape index (κ2) is 8.61. The number of rotatable bonds is 6. The third kappa shape index (κ3) is 4.91. The Morgan fingerprint density at radius 1 is 1.11 bits per heavy atom. The highest BCUT2D eigenvalue weighted by Crippen LogP contribution is 2.21. The maximum absolute atomic E-state index is 12.6. The van der Waals surface area contributed by atoms with Gasteiger partial charge in [-0.3, -0.25) is 14.6 Å². The highest BCUT2D eigenvalue weighted by Gasteiger charge is 2.21. The van der Waals surface area contributed by atoms with E-state index in [0.29, 0.717) is 11.5 Å². The Kier molecular flexibility index (Phi) is 5.99. The third-order valence-corrected chi connectivity index (χ3v) is 4.50. The van der Waals surface area contributed by atoms with Crippen molar-refractivity contribution < 1.29 is 4.79 Å². The number of carbonyl (C=O) groups is 1. The first-order valence-corrected chi connectivity index (χ1v) is 9.29. The molecule has 0 spiro atoms. The summed E-state index contributed by atoms with van der Waals surface area (Å²) in [6.45, 7) is 6.00. The van der Waals surface area contributed by atoms with Crippen LogP contribution in [0.3, 0.4) is 0 Å². The molecule has 0 saturated heterocycles. The topological polar surface area (TPSA) is 87.7 Å². The minimum atomic E-state index is -0.360. The normalized spacial score (nSPS) is 12.0. The number of aryl methyl sites for hydroxylation is 1. The van der Waals surface area contributed by atoms with Gasteiger partial charge in [0.25, 0.3) is 5.56 Å². The van der Waals surface area contributed by atoms with Crippen LogP contribution in [-0.2, 0) is 11.2 Å². The van der Waals surface area contributed by atoms with Crippen molar-refractivity contribution in [3.8, 4) is 11.4 Å². The fourth-order valence-electron chi connectivity index (χ4n) is 2.98. The second-order valence-corrected chi connectivity index (χ2v) is 7.21. The maximum atomic E-state index is 12.6. The van der Waals surface area contributed by atoms with Gasteiger partial charge in [0.2, 0.25) is 5.91 Å². The summed E-state index contributed by atoms with van der Waals surface area (Å²) < 4.78 is 0. The van der Waals surface area contributed by atoms with E-state index in [9.17, 15) is 9.59 Å². The predicted molar refractivity (Wildman–Crippen MR) is 109 cm³/mol. The Bertz CT molecular complexity index is 995. The van der Waals surface area contributed by atoms with Crippen molar-refractivity contribution in [1.29, 1.82) is 0 Å². The van der Waals surface area contributed by atoms with Gasteiger partial charge in [0.1, 0.15) is 5.82 Å². The van der Waals surface area contributed by atoms with E-state index in [4.69, 9.17) is 0 Å². The molecule has 0 aliphatic rings. The van der Waals surface area contributed by atoms with Crippen LogP contribution >= 0.6 is 0 Å². The Hall–Kier alpha value is -3.28. The van der Waals surface area contributed by atoms with Crippen molar-refractivity contribution >= 4 is 5.91 Å². The minimum absolute atomic E-state index is 0.0709. The summed E-state index contributed by atoms with van der Waals surface area (Å²) in [4.78, 5) is 36.1. The molecule has 0 aliphatic carbocycles. The fraction of sp³-hybridized carbons (Fsp3) is 0.273.